The van der Waals surface area contributed by atoms with E-state index in [0.717, 1.165) is 33.4 Å². The maximum Gasteiger partial charge on any atom is 0.180 e. The summed E-state index contributed by atoms with van der Waals surface area (Å²) in [6.07, 6.45) is 5.08. The van der Waals surface area contributed by atoms with E-state index in [9.17, 15) is 4.39 Å². The molecule has 2 aromatic carbocycles. The van der Waals surface area contributed by atoms with Crippen molar-refractivity contribution in [1.29, 1.82) is 0 Å². The van der Waals surface area contributed by atoms with Crippen LogP contribution in [-0.2, 0) is 0 Å². The average molecular weight is 370 g/mol. The number of nitrogen functional groups attached to an aromatic ring is 1. The van der Waals surface area contributed by atoms with Gasteiger partial charge in [-0.2, -0.15) is 0 Å². The maximum absolute atomic E-state index is 13.5. The van der Waals surface area contributed by atoms with Gasteiger partial charge in [-0.1, -0.05) is 6.07 Å². The number of hydrogen-bond acceptors (Lipinski definition) is 5. The Balaban J connectivity index is 1.86. The van der Waals surface area contributed by atoms with Gasteiger partial charge in [-0.3, -0.25) is 4.40 Å². The summed E-state index contributed by atoms with van der Waals surface area (Å²) in [5.41, 5.74) is 11.6. The van der Waals surface area contributed by atoms with Crippen molar-refractivity contribution in [3.05, 3.63) is 72.7 Å². The summed E-state index contributed by atoms with van der Waals surface area (Å²) in [6.45, 7) is 1.95. The normalized spacial score (nSPS) is 11.4. The summed E-state index contributed by atoms with van der Waals surface area (Å²) >= 11 is 0. The Bertz CT molecular complexity index is 1340. The van der Waals surface area contributed by atoms with Crippen molar-refractivity contribution in [3.63, 3.8) is 0 Å². The number of fused-ring (bicyclic) bond motifs is 2. The highest BCUT2D eigenvalue weighted by Gasteiger charge is 2.17. The Morgan fingerprint density at radius 3 is 2.57 bits per heavy atom. The van der Waals surface area contributed by atoms with Crippen LogP contribution in [0.5, 0.6) is 0 Å². The number of hydrogen-bond donors (Lipinski definition) is 1. The second-order valence-corrected chi connectivity index (χ2v) is 6.51. The van der Waals surface area contributed by atoms with Gasteiger partial charge in [0.15, 0.2) is 11.5 Å². The van der Waals surface area contributed by atoms with Crippen LogP contribution in [-0.4, -0.2) is 24.3 Å². The lowest BCUT2D eigenvalue weighted by Gasteiger charge is -2.14. The minimum atomic E-state index is -0.305. The molecule has 0 fully saturated rings. The van der Waals surface area contributed by atoms with Crippen LogP contribution >= 0.6 is 0 Å². The Labute approximate surface area is 159 Å². The zero-order valence-corrected chi connectivity index (χ0v) is 15.0. The van der Waals surface area contributed by atoms with E-state index in [1.165, 1.54) is 12.1 Å². The van der Waals surface area contributed by atoms with Crippen molar-refractivity contribution in [2.24, 2.45) is 0 Å². The highest BCUT2D eigenvalue weighted by Crippen LogP contribution is 2.34. The van der Waals surface area contributed by atoms with E-state index in [0.29, 0.717) is 17.2 Å². The molecule has 0 aliphatic rings. The summed E-state index contributed by atoms with van der Waals surface area (Å²) in [4.78, 5) is 17.5. The first kappa shape index (κ1) is 16.3. The van der Waals surface area contributed by atoms with Gasteiger partial charge in [0.1, 0.15) is 12.1 Å². The number of imidazole rings is 1. The molecular weight excluding hydrogens is 355 g/mol. The first-order chi connectivity index (χ1) is 13.6. The molecule has 5 aromatic rings. The predicted molar refractivity (Wildman–Crippen MR) is 106 cm³/mol. The minimum absolute atomic E-state index is 0.305. The van der Waals surface area contributed by atoms with Crippen LogP contribution in [0.2, 0.25) is 0 Å². The second-order valence-electron chi connectivity index (χ2n) is 6.51. The molecule has 0 saturated carbocycles. The third kappa shape index (κ3) is 2.48. The Kier molecular flexibility index (Phi) is 3.55. The lowest BCUT2D eigenvalue weighted by molar-refractivity contribution is 0.628. The standard InChI is InChI=1S/C21H15FN6/c1-12-16-10-14(4-7-17(16)26-11-25-12)19-18(13-2-5-15(22)6-3-13)27-20(23)21-24-8-9-28(19)21/h2-11H,1H3,(H2,23,27). The first-order valence-electron chi connectivity index (χ1n) is 8.72. The summed E-state index contributed by atoms with van der Waals surface area (Å²) < 4.78 is 15.4. The van der Waals surface area contributed by atoms with Gasteiger partial charge in [-0.25, -0.2) is 24.3 Å². The molecule has 0 saturated heterocycles. The third-order valence-electron chi connectivity index (χ3n) is 4.79. The number of nitrogens with zero attached hydrogens (tertiary/aromatic N) is 5. The quantitative estimate of drug-likeness (QED) is 0.507. The van der Waals surface area contributed by atoms with Crippen LogP contribution < -0.4 is 5.73 Å². The van der Waals surface area contributed by atoms with Gasteiger partial charge in [0.25, 0.3) is 0 Å². The molecule has 136 valence electrons. The van der Waals surface area contributed by atoms with E-state index in [-0.39, 0.29) is 5.82 Å². The number of benzene rings is 2. The van der Waals surface area contributed by atoms with Crippen molar-refractivity contribution in [2.75, 3.05) is 5.73 Å². The molecule has 28 heavy (non-hydrogen) atoms. The van der Waals surface area contributed by atoms with Crippen LogP contribution in [0.25, 0.3) is 39.1 Å². The molecule has 0 aliphatic carbocycles. The average Bonchev–Trinajstić information content (AvgIpc) is 3.19. The lowest BCUT2D eigenvalue weighted by Crippen LogP contribution is -2.04. The topological polar surface area (TPSA) is 82.0 Å². The number of halogens is 1. The fourth-order valence-electron chi connectivity index (χ4n) is 3.43. The molecule has 7 heteroatoms. The van der Waals surface area contributed by atoms with Crippen molar-refractivity contribution < 1.29 is 4.39 Å². The highest BCUT2D eigenvalue weighted by molar-refractivity contribution is 5.90. The van der Waals surface area contributed by atoms with E-state index >= 15 is 0 Å². The Morgan fingerprint density at radius 1 is 0.964 bits per heavy atom. The molecule has 0 radical (unpaired) electrons. The summed E-state index contributed by atoms with van der Waals surface area (Å²) in [7, 11) is 0. The molecule has 3 heterocycles. The Morgan fingerprint density at radius 2 is 1.75 bits per heavy atom. The van der Waals surface area contributed by atoms with Crippen molar-refractivity contribution in [1.82, 2.24) is 24.3 Å². The number of nitrogens with two attached hydrogens (primary N) is 1. The molecule has 0 aliphatic heterocycles. The first-order valence-corrected chi connectivity index (χ1v) is 8.72. The number of aryl methyl sites for hydroxylation is 1. The van der Waals surface area contributed by atoms with Crippen LogP contribution in [0.1, 0.15) is 5.69 Å². The zero-order chi connectivity index (χ0) is 19.3. The highest BCUT2D eigenvalue weighted by atomic mass is 19.1. The second kappa shape index (κ2) is 6.09. The molecule has 6 nitrogen and oxygen atoms in total. The van der Waals surface area contributed by atoms with E-state index in [1.807, 2.05) is 35.7 Å². The number of aromatic nitrogens is 5. The zero-order valence-electron chi connectivity index (χ0n) is 15.0. The fraction of sp³-hybridized carbons (Fsp3) is 0.0476. The molecule has 2 N–H and O–H groups in total. The minimum Gasteiger partial charge on any atom is -0.381 e. The van der Waals surface area contributed by atoms with Gasteiger partial charge in [0.05, 0.1) is 16.9 Å². The van der Waals surface area contributed by atoms with Crippen LogP contribution in [0.4, 0.5) is 10.2 Å². The fourth-order valence-corrected chi connectivity index (χ4v) is 3.43. The molecule has 3 aromatic heterocycles. The van der Waals surface area contributed by atoms with Gasteiger partial charge in [-0.05, 0) is 43.3 Å². The molecule has 0 unspecified atom stereocenters. The molecule has 0 spiro atoms. The van der Waals surface area contributed by atoms with Crippen molar-refractivity contribution >= 4 is 22.4 Å². The largest absolute Gasteiger partial charge is 0.381 e. The lowest BCUT2D eigenvalue weighted by atomic mass is 10.0. The van der Waals surface area contributed by atoms with Gasteiger partial charge < -0.3 is 5.73 Å². The number of anilines is 1. The summed E-state index contributed by atoms with van der Waals surface area (Å²) in [5, 5.41) is 0.954. The predicted octanol–water partition coefficient (Wildman–Crippen LogP) is 4.04. The summed E-state index contributed by atoms with van der Waals surface area (Å²) in [5.74, 6) is 0.00818. The van der Waals surface area contributed by atoms with E-state index in [4.69, 9.17) is 5.73 Å². The van der Waals surface area contributed by atoms with Crippen molar-refractivity contribution in [3.8, 4) is 22.5 Å². The van der Waals surface area contributed by atoms with E-state index < -0.39 is 0 Å². The van der Waals surface area contributed by atoms with Gasteiger partial charge in [0.2, 0.25) is 0 Å². The van der Waals surface area contributed by atoms with Crippen LogP contribution in [0.15, 0.2) is 61.2 Å². The van der Waals surface area contributed by atoms with Crippen molar-refractivity contribution in [2.45, 2.75) is 6.92 Å². The number of rotatable bonds is 2. The Hall–Kier alpha value is -3.87. The molecule has 0 amide bonds. The molecule has 5 rings (SSSR count). The molecular formula is C21H15FN6. The van der Waals surface area contributed by atoms with Gasteiger partial charge in [0, 0.05) is 34.6 Å². The van der Waals surface area contributed by atoms with Gasteiger partial charge in [-0.15, -0.1) is 0 Å². The van der Waals surface area contributed by atoms with E-state index in [1.54, 1.807) is 24.7 Å². The monoisotopic (exact) mass is 370 g/mol. The third-order valence-corrected chi connectivity index (χ3v) is 4.79. The summed E-state index contributed by atoms with van der Waals surface area (Å²) in [6, 6.07) is 12.2. The van der Waals surface area contributed by atoms with Crippen LogP contribution in [0, 0.1) is 12.7 Å². The van der Waals surface area contributed by atoms with Gasteiger partial charge >= 0.3 is 0 Å². The smallest absolute Gasteiger partial charge is 0.180 e. The van der Waals surface area contributed by atoms with Crippen LogP contribution in [0.3, 0.4) is 0 Å². The van der Waals surface area contributed by atoms with E-state index in [2.05, 4.69) is 19.9 Å². The molecule has 0 atom stereocenters. The molecule has 0 bridgehead atoms. The maximum atomic E-state index is 13.5. The SMILES string of the molecule is Cc1ncnc2ccc(-c3c(-c4ccc(F)cc4)nc(N)c4nccn34)cc12.